The van der Waals surface area contributed by atoms with E-state index in [0.29, 0.717) is 11.5 Å². The van der Waals surface area contributed by atoms with Crippen LogP contribution in [0.25, 0.3) is 0 Å². The Kier molecular flexibility index (Phi) is 3.90. The third kappa shape index (κ3) is 2.91. The molecule has 3 rings (SSSR count). The van der Waals surface area contributed by atoms with Gasteiger partial charge in [0.2, 0.25) is 0 Å². The van der Waals surface area contributed by atoms with E-state index in [1.165, 1.54) is 18.4 Å². The maximum absolute atomic E-state index is 6.26. The van der Waals surface area contributed by atoms with E-state index in [1.54, 1.807) is 6.33 Å². The molecular formula is C16H21N5. The second kappa shape index (κ2) is 5.99. The van der Waals surface area contributed by atoms with Crippen molar-refractivity contribution in [2.24, 2.45) is 0 Å². The summed E-state index contributed by atoms with van der Waals surface area (Å²) in [5.41, 5.74) is 8.11. The molecule has 0 aliphatic carbocycles. The summed E-state index contributed by atoms with van der Waals surface area (Å²) in [4.78, 5) is 10.9. The molecule has 1 aliphatic rings. The SMILES string of the molecule is CC(Nc1ncnc(N2CCCC2)c1N)c1ccccc1. The van der Waals surface area contributed by atoms with Gasteiger partial charge >= 0.3 is 0 Å². The van der Waals surface area contributed by atoms with Gasteiger partial charge in [0.15, 0.2) is 11.6 Å². The molecule has 1 saturated heterocycles. The second-order valence-electron chi connectivity index (χ2n) is 5.43. The van der Waals surface area contributed by atoms with E-state index in [-0.39, 0.29) is 6.04 Å². The molecule has 0 bridgehead atoms. The van der Waals surface area contributed by atoms with Crippen LogP contribution in [0.3, 0.4) is 0 Å². The molecule has 1 aliphatic heterocycles. The Bertz CT molecular complexity index is 593. The lowest BCUT2D eigenvalue weighted by Crippen LogP contribution is -2.21. The minimum atomic E-state index is 0.148. The van der Waals surface area contributed by atoms with Crippen molar-refractivity contribution in [2.75, 3.05) is 29.0 Å². The zero-order chi connectivity index (χ0) is 14.7. The summed E-state index contributed by atoms with van der Waals surface area (Å²) in [5, 5.41) is 3.39. The minimum absolute atomic E-state index is 0.148. The zero-order valence-electron chi connectivity index (χ0n) is 12.3. The van der Waals surface area contributed by atoms with E-state index in [1.807, 2.05) is 18.2 Å². The van der Waals surface area contributed by atoms with Gasteiger partial charge in [0.25, 0.3) is 0 Å². The number of rotatable bonds is 4. The average Bonchev–Trinajstić information content (AvgIpc) is 3.04. The Morgan fingerprint density at radius 1 is 1.14 bits per heavy atom. The molecule has 0 radical (unpaired) electrons. The number of nitrogen functional groups attached to an aromatic ring is 1. The molecule has 3 N–H and O–H groups in total. The lowest BCUT2D eigenvalue weighted by atomic mass is 10.1. The first-order chi connectivity index (χ1) is 10.3. The summed E-state index contributed by atoms with van der Waals surface area (Å²) in [6, 6.07) is 10.4. The van der Waals surface area contributed by atoms with Crippen LogP contribution in [0.5, 0.6) is 0 Å². The van der Waals surface area contributed by atoms with Crippen molar-refractivity contribution in [3.63, 3.8) is 0 Å². The number of nitrogens with two attached hydrogens (primary N) is 1. The van der Waals surface area contributed by atoms with Gasteiger partial charge in [0, 0.05) is 13.1 Å². The normalized spacial score (nSPS) is 16.0. The molecule has 1 fully saturated rings. The number of hydrogen-bond acceptors (Lipinski definition) is 5. The largest absolute Gasteiger partial charge is 0.393 e. The number of hydrogen-bond donors (Lipinski definition) is 2. The molecule has 21 heavy (non-hydrogen) atoms. The monoisotopic (exact) mass is 283 g/mol. The van der Waals surface area contributed by atoms with Gasteiger partial charge < -0.3 is 16.0 Å². The van der Waals surface area contributed by atoms with Crippen LogP contribution < -0.4 is 16.0 Å². The fourth-order valence-electron chi connectivity index (χ4n) is 2.71. The van der Waals surface area contributed by atoms with Crippen molar-refractivity contribution in [1.29, 1.82) is 0 Å². The van der Waals surface area contributed by atoms with Crippen molar-refractivity contribution < 1.29 is 0 Å². The molecule has 0 amide bonds. The maximum atomic E-state index is 6.26. The highest BCUT2D eigenvalue weighted by Crippen LogP contribution is 2.30. The van der Waals surface area contributed by atoms with Crippen molar-refractivity contribution in [3.05, 3.63) is 42.2 Å². The topological polar surface area (TPSA) is 67.1 Å². The van der Waals surface area contributed by atoms with E-state index >= 15 is 0 Å². The summed E-state index contributed by atoms with van der Waals surface area (Å²) in [5.74, 6) is 1.56. The number of anilines is 3. The molecule has 5 heteroatoms. The first-order valence-electron chi connectivity index (χ1n) is 7.42. The van der Waals surface area contributed by atoms with Gasteiger partial charge in [-0.05, 0) is 25.3 Å². The zero-order valence-corrected chi connectivity index (χ0v) is 12.3. The highest BCUT2D eigenvalue weighted by molar-refractivity contribution is 5.75. The Labute approximate surface area is 125 Å². The molecule has 1 aromatic carbocycles. The summed E-state index contributed by atoms with van der Waals surface area (Å²) >= 11 is 0. The summed E-state index contributed by atoms with van der Waals surface area (Å²) in [6.07, 6.45) is 3.99. The van der Waals surface area contributed by atoms with Crippen LogP contribution in [0.4, 0.5) is 17.3 Å². The number of benzene rings is 1. The van der Waals surface area contributed by atoms with Crippen LogP contribution in [-0.4, -0.2) is 23.1 Å². The van der Waals surface area contributed by atoms with E-state index in [0.717, 1.165) is 18.9 Å². The molecule has 5 nitrogen and oxygen atoms in total. The third-order valence-corrected chi connectivity index (χ3v) is 3.92. The fourth-order valence-corrected chi connectivity index (χ4v) is 2.71. The van der Waals surface area contributed by atoms with Gasteiger partial charge in [-0.15, -0.1) is 0 Å². The van der Waals surface area contributed by atoms with Crippen molar-refractivity contribution in [1.82, 2.24) is 9.97 Å². The van der Waals surface area contributed by atoms with Gasteiger partial charge in [-0.2, -0.15) is 0 Å². The molecular weight excluding hydrogens is 262 g/mol. The van der Waals surface area contributed by atoms with Crippen LogP contribution in [0.15, 0.2) is 36.7 Å². The Morgan fingerprint density at radius 2 is 1.86 bits per heavy atom. The molecule has 1 aromatic heterocycles. The van der Waals surface area contributed by atoms with Gasteiger partial charge in [-0.25, -0.2) is 9.97 Å². The highest BCUT2D eigenvalue weighted by Gasteiger charge is 2.19. The Balaban J connectivity index is 1.81. The Hall–Kier alpha value is -2.30. The molecule has 1 atom stereocenters. The van der Waals surface area contributed by atoms with Crippen molar-refractivity contribution in [2.45, 2.75) is 25.8 Å². The quantitative estimate of drug-likeness (QED) is 0.903. The molecule has 0 spiro atoms. The van der Waals surface area contributed by atoms with Crippen LogP contribution in [0.2, 0.25) is 0 Å². The first kappa shape index (κ1) is 13.7. The molecule has 1 unspecified atom stereocenters. The lowest BCUT2D eigenvalue weighted by molar-refractivity contribution is 0.868. The molecule has 110 valence electrons. The molecule has 2 heterocycles. The number of nitrogens with one attached hydrogen (secondary N) is 1. The van der Waals surface area contributed by atoms with Crippen LogP contribution >= 0.6 is 0 Å². The van der Waals surface area contributed by atoms with Crippen LogP contribution in [-0.2, 0) is 0 Å². The molecule has 0 saturated carbocycles. The van der Waals surface area contributed by atoms with E-state index < -0.39 is 0 Å². The van der Waals surface area contributed by atoms with Crippen LogP contribution in [0.1, 0.15) is 31.4 Å². The predicted molar refractivity (Wildman–Crippen MR) is 86.4 cm³/mol. The predicted octanol–water partition coefficient (Wildman–Crippen LogP) is 2.83. The summed E-state index contributed by atoms with van der Waals surface area (Å²) in [6.45, 7) is 4.15. The lowest BCUT2D eigenvalue weighted by Gasteiger charge is -2.21. The first-order valence-corrected chi connectivity index (χ1v) is 7.42. The van der Waals surface area contributed by atoms with Crippen LogP contribution in [0, 0.1) is 0 Å². The minimum Gasteiger partial charge on any atom is -0.393 e. The highest BCUT2D eigenvalue weighted by atomic mass is 15.2. The second-order valence-corrected chi connectivity index (χ2v) is 5.43. The number of aromatic nitrogens is 2. The van der Waals surface area contributed by atoms with Gasteiger partial charge in [-0.1, -0.05) is 30.3 Å². The van der Waals surface area contributed by atoms with Gasteiger partial charge in [-0.3, -0.25) is 0 Å². The summed E-state index contributed by atoms with van der Waals surface area (Å²) < 4.78 is 0. The number of nitrogens with zero attached hydrogens (tertiary/aromatic N) is 3. The third-order valence-electron chi connectivity index (χ3n) is 3.92. The average molecular weight is 283 g/mol. The van der Waals surface area contributed by atoms with E-state index in [4.69, 9.17) is 5.73 Å². The Morgan fingerprint density at radius 3 is 2.57 bits per heavy atom. The van der Waals surface area contributed by atoms with Crippen molar-refractivity contribution in [3.8, 4) is 0 Å². The van der Waals surface area contributed by atoms with E-state index in [9.17, 15) is 0 Å². The van der Waals surface area contributed by atoms with Crippen molar-refractivity contribution >= 4 is 17.3 Å². The fraction of sp³-hybridized carbons (Fsp3) is 0.375. The standard InChI is InChI=1S/C16H21N5/c1-12(13-7-3-2-4-8-13)20-15-14(17)16(19-11-18-15)21-9-5-6-10-21/h2-4,7-8,11-12H,5-6,9-10,17H2,1H3,(H,18,19,20). The van der Waals surface area contributed by atoms with Gasteiger partial charge in [0.1, 0.15) is 12.0 Å². The summed E-state index contributed by atoms with van der Waals surface area (Å²) in [7, 11) is 0. The van der Waals surface area contributed by atoms with E-state index in [2.05, 4.69) is 39.2 Å². The smallest absolute Gasteiger partial charge is 0.157 e. The van der Waals surface area contributed by atoms with Gasteiger partial charge in [0.05, 0.1) is 6.04 Å². The molecule has 2 aromatic rings. The maximum Gasteiger partial charge on any atom is 0.157 e.